The van der Waals surface area contributed by atoms with Gasteiger partial charge in [-0.15, -0.1) is 0 Å². The van der Waals surface area contributed by atoms with Gasteiger partial charge in [0.05, 0.1) is 16.6 Å². The first-order valence-corrected chi connectivity index (χ1v) is 7.67. The Bertz CT molecular complexity index is 1150. The number of rotatable bonds is 1. The van der Waals surface area contributed by atoms with E-state index in [1.165, 1.54) is 6.07 Å². The molecule has 0 radical (unpaired) electrons. The van der Waals surface area contributed by atoms with E-state index in [4.69, 9.17) is 0 Å². The molecule has 0 fully saturated rings. The van der Waals surface area contributed by atoms with Crippen LogP contribution >= 0.6 is 0 Å². The maximum absolute atomic E-state index is 13.0. The predicted molar refractivity (Wildman–Crippen MR) is 91.6 cm³/mol. The largest absolute Gasteiger partial charge is 0.416 e. The van der Waals surface area contributed by atoms with Crippen molar-refractivity contribution in [3.05, 3.63) is 70.0 Å². The van der Waals surface area contributed by atoms with Gasteiger partial charge in [0, 0.05) is 22.0 Å². The van der Waals surface area contributed by atoms with Crippen molar-refractivity contribution in [2.24, 2.45) is 0 Å². The lowest BCUT2D eigenvalue weighted by atomic mass is 10.0. The van der Waals surface area contributed by atoms with E-state index < -0.39 is 11.7 Å². The standard InChI is InChI=1S/C19H13F3N2O/c1-10-15(11-5-3-2-4-6-11)17-16(24-18(10)25)13-9-12(19(20,21)22)7-8-14(13)23-17/h2-9,23H,1H3,(H,24,25). The number of hydrogen-bond donors (Lipinski definition) is 2. The van der Waals surface area contributed by atoms with E-state index in [9.17, 15) is 18.0 Å². The third kappa shape index (κ3) is 2.41. The van der Waals surface area contributed by atoms with Crippen molar-refractivity contribution in [1.29, 1.82) is 0 Å². The highest BCUT2D eigenvalue weighted by molar-refractivity contribution is 6.10. The van der Waals surface area contributed by atoms with E-state index >= 15 is 0 Å². The Balaban J connectivity index is 2.14. The summed E-state index contributed by atoms with van der Waals surface area (Å²) < 4.78 is 39.1. The maximum Gasteiger partial charge on any atom is 0.416 e. The van der Waals surface area contributed by atoms with Gasteiger partial charge in [-0.2, -0.15) is 13.2 Å². The lowest BCUT2D eigenvalue weighted by molar-refractivity contribution is -0.137. The smallest absolute Gasteiger partial charge is 0.353 e. The molecule has 4 rings (SSSR count). The lowest BCUT2D eigenvalue weighted by Crippen LogP contribution is -2.11. The van der Waals surface area contributed by atoms with Crippen molar-refractivity contribution in [2.75, 3.05) is 0 Å². The normalized spacial score (nSPS) is 12.2. The highest BCUT2D eigenvalue weighted by Gasteiger charge is 2.31. The molecule has 0 bridgehead atoms. The van der Waals surface area contributed by atoms with E-state index in [1.54, 1.807) is 6.92 Å². The molecule has 0 spiro atoms. The monoisotopic (exact) mass is 342 g/mol. The number of alkyl halides is 3. The molecule has 25 heavy (non-hydrogen) atoms. The molecule has 6 heteroatoms. The molecule has 2 aromatic heterocycles. The summed E-state index contributed by atoms with van der Waals surface area (Å²) in [5.74, 6) is 0. The fraction of sp³-hybridized carbons (Fsp3) is 0.105. The molecule has 2 heterocycles. The van der Waals surface area contributed by atoms with E-state index in [1.807, 2.05) is 30.3 Å². The van der Waals surface area contributed by atoms with Crippen LogP contribution in [-0.2, 0) is 6.18 Å². The second-order valence-corrected chi connectivity index (χ2v) is 5.95. The van der Waals surface area contributed by atoms with Gasteiger partial charge in [0.2, 0.25) is 0 Å². The Morgan fingerprint density at radius 3 is 2.32 bits per heavy atom. The lowest BCUT2D eigenvalue weighted by Gasteiger charge is -2.07. The van der Waals surface area contributed by atoms with E-state index in [2.05, 4.69) is 9.97 Å². The summed E-state index contributed by atoms with van der Waals surface area (Å²) in [6.07, 6.45) is -4.44. The topological polar surface area (TPSA) is 48.6 Å². The minimum Gasteiger partial charge on any atom is -0.353 e. The van der Waals surface area contributed by atoms with Crippen LogP contribution in [0.15, 0.2) is 53.3 Å². The zero-order chi connectivity index (χ0) is 17.8. The van der Waals surface area contributed by atoms with Gasteiger partial charge in [0.25, 0.3) is 5.56 Å². The molecule has 0 atom stereocenters. The van der Waals surface area contributed by atoms with Crippen LogP contribution in [0.4, 0.5) is 13.2 Å². The molecule has 0 saturated carbocycles. The van der Waals surface area contributed by atoms with Crippen molar-refractivity contribution in [1.82, 2.24) is 9.97 Å². The van der Waals surface area contributed by atoms with Crippen LogP contribution in [0.3, 0.4) is 0 Å². The summed E-state index contributed by atoms with van der Waals surface area (Å²) >= 11 is 0. The van der Waals surface area contributed by atoms with Crippen molar-refractivity contribution in [2.45, 2.75) is 13.1 Å². The maximum atomic E-state index is 13.0. The number of aromatic amines is 2. The van der Waals surface area contributed by atoms with E-state index in [0.717, 1.165) is 17.7 Å². The quantitative estimate of drug-likeness (QED) is 0.502. The Morgan fingerprint density at radius 1 is 0.920 bits per heavy atom. The molecule has 0 aliphatic heterocycles. The third-order valence-electron chi connectivity index (χ3n) is 4.39. The summed E-state index contributed by atoms with van der Waals surface area (Å²) in [6, 6.07) is 12.8. The Morgan fingerprint density at radius 2 is 1.64 bits per heavy atom. The third-order valence-corrected chi connectivity index (χ3v) is 4.39. The van der Waals surface area contributed by atoms with Gasteiger partial charge in [-0.05, 0) is 30.7 Å². The molecule has 0 aliphatic rings. The summed E-state index contributed by atoms with van der Waals surface area (Å²) in [4.78, 5) is 18.2. The number of benzene rings is 2. The molecule has 2 N–H and O–H groups in total. The number of fused-ring (bicyclic) bond motifs is 3. The predicted octanol–water partition coefficient (Wildman–Crippen LogP) is 5.00. The number of halogens is 3. The van der Waals surface area contributed by atoms with Crippen LogP contribution in [0.2, 0.25) is 0 Å². The molecule has 2 aromatic carbocycles. The fourth-order valence-electron chi connectivity index (χ4n) is 3.16. The average molecular weight is 342 g/mol. The number of aromatic nitrogens is 2. The highest BCUT2D eigenvalue weighted by atomic mass is 19.4. The minimum absolute atomic E-state index is 0.315. The van der Waals surface area contributed by atoms with Crippen LogP contribution < -0.4 is 5.56 Å². The van der Waals surface area contributed by atoms with E-state index in [0.29, 0.717) is 33.1 Å². The summed E-state index contributed by atoms with van der Waals surface area (Å²) in [5, 5.41) is 0.346. The van der Waals surface area contributed by atoms with Crippen molar-refractivity contribution in [3.8, 4) is 11.1 Å². The first-order chi connectivity index (χ1) is 11.9. The van der Waals surface area contributed by atoms with Gasteiger partial charge < -0.3 is 9.97 Å². The Kier molecular flexibility index (Phi) is 3.25. The van der Waals surface area contributed by atoms with Crippen LogP contribution in [0.1, 0.15) is 11.1 Å². The SMILES string of the molecule is Cc1c(-c2ccccc2)c2[nH]c3ccc(C(F)(F)F)cc3c2[nH]c1=O. The molecular formula is C19H13F3N2O. The molecule has 4 aromatic rings. The number of hydrogen-bond acceptors (Lipinski definition) is 1. The number of H-pyrrole nitrogens is 2. The summed E-state index contributed by atoms with van der Waals surface area (Å²) in [5.41, 5.74) is 2.53. The van der Waals surface area contributed by atoms with Crippen molar-refractivity contribution in [3.63, 3.8) is 0 Å². The summed E-state index contributed by atoms with van der Waals surface area (Å²) in [6.45, 7) is 1.70. The molecular weight excluding hydrogens is 329 g/mol. The van der Waals surface area contributed by atoms with Gasteiger partial charge in [0.15, 0.2) is 0 Å². The fourth-order valence-corrected chi connectivity index (χ4v) is 3.16. The highest BCUT2D eigenvalue weighted by Crippen LogP contribution is 2.36. The molecule has 126 valence electrons. The molecule has 3 nitrogen and oxygen atoms in total. The first kappa shape index (κ1) is 15.5. The Labute approximate surface area is 140 Å². The first-order valence-electron chi connectivity index (χ1n) is 7.67. The van der Waals surface area contributed by atoms with Gasteiger partial charge >= 0.3 is 6.18 Å². The van der Waals surface area contributed by atoms with Crippen molar-refractivity contribution >= 4 is 21.9 Å². The van der Waals surface area contributed by atoms with Crippen molar-refractivity contribution < 1.29 is 13.2 Å². The molecule has 0 unspecified atom stereocenters. The van der Waals surface area contributed by atoms with Crippen LogP contribution in [0.5, 0.6) is 0 Å². The Hall–Kier alpha value is -3.02. The summed E-state index contributed by atoms with van der Waals surface area (Å²) in [7, 11) is 0. The van der Waals surface area contributed by atoms with E-state index in [-0.39, 0.29) is 5.56 Å². The molecule has 0 saturated heterocycles. The number of pyridine rings is 1. The van der Waals surface area contributed by atoms with Gasteiger partial charge in [0.1, 0.15) is 0 Å². The van der Waals surface area contributed by atoms with Gasteiger partial charge in [-0.1, -0.05) is 30.3 Å². The van der Waals surface area contributed by atoms with Gasteiger partial charge in [-0.25, -0.2) is 0 Å². The zero-order valence-corrected chi connectivity index (χ0v) is 13.2. The van der Waals surface area contributed by atoms with Crippen LogP contribution in [0.25, 0.3) is 33.1 Å². The van der Waals surface area contributed by atoms with Crippen LogP contribution in [0, 0.1) is 6.92 Å². The molecule has 0 aliphatic carbocycles. The second kappa shape index (κ2) is 5.24. The second-order valence-electron chi connectivity index (χ2n) is 5.95. The van der Waals surface area contributed by atoms with Gasteiger partial charge in [-0.3, -0.25) is 4.79 Å². The minimum atomic E-state index is -4.44. The molecule has 0 amide bonds. The van der Waals surface area contributed by atoms with Crippen LogP contribution in [-0.4, -0.2) is 9.97 Å². The number of nitrogens with one attached hydrogen (secondary N) is 2. The average Bonchev–Trinajstić information content (AvgIpc) is 2.93. The zero-order valence-electron chi connectivity index (χ0n) is 13.2.